The van der Waals surface area contributed by atoms with Gasteiger partial charge in [-0.2, -0.15) is 0 Å². The first-order valence-electron chi connectivity index (χ1n) is 6.39. The van der Waals surface area contributed by atoms with Crippen LogP contribution in [0.2, 0.25) is 0 Å². The van der Waals surface area contributed by atoms with Crippen molar-refractivity contribution in [2.75, 3.05) is 32.7 Å². The van der Waals surface area contributed by atoms with Gasteiger partial charge in [0.05, 0.1) is 26.2 Å². The van der Waals surface area contributed by atoms with E-state index in [0.717, 1.165) is 24.0 Å². The number of rotatable bonds is 8. The van der Waals surface area contributed by atoms with Gasteiger partial charge in [-0.15, -0.1) is 0 Å². The molecular formula is C13H27N2O+. The number of hydrogen-bond donors (Lipinski definition) is 1. The fourth-order valence-corrected chi connectivity index (χ4v) is 1.98. The summed E-state index contributed by atoms with van der Waals surface area (Å²) < 4.78 is 1.15. The minimum atomic E-state index is 0.0186. The third-order valence-corrected chi connectivity index (χ3v) is 3.44. The third-order valence-electron chi connectivity index (χ3n) is 3.44. The highest BCUT2D eigenvalue weighted by Gasteiger charge is 2.19. The Hall–Kier alpha value is -0.830. The van der Waals surface area contributed by atoms with Gasteiger partial charge in [-0.05, 0) is 33.8 Å². The Balaban J connectivity index is 3.83. The van der Waals surface area contributed by atoms with E-state index in [2.05, 4.69) is 26.1 Å². The van der Waals surface area contributed by atoms with Gasteiger partial charge in [0, 0.05) is 13.0 Å². The zero-order valence-corrected chi connectivity index (χ0v) is 11.3. The SMILES string of the molecule is CC=CC(=O)NCCC[N+](CC)(CC)CC. The Morgan fingerprint density at radius 3 is 2.19 bits per heavy atom. The van der Waals surface area contributed by atoms with Crippen LogP contribution in [0.3, 0.4) is 0 Å². The molecule has 0 unspecified atom stereocenters. The molecule has 1 N–H and O–H groups in total. The molecule has 3 nitrogen and oxygen atoms in total. The lowest BCUT2D eigenvalue weighted by Crippen LogP contribution is -2.48. The lowest BCUT2D eigenvalue weighted by Gasteiger charge is -2.35. The maximum absolute atomic E-state index is 11.2. The summed E-state index contributed by atoms with van der Waals surface area (Å²) in [6.45, 7) is 14.0. The molecule has 0 heterocycles. The van der Waals surface area contributed by atoms with Crippen LogP contribution in [0.4, 0.5) is 0 Å². The lowest BCUT2D eigenvalue weighted by molar-refractivity contribution is -0.923. The second-order valence-electron chi connectivity index (χ2n) is 4.16. The van der Waals surface area contributed by atoms with Gasteiger partial charge in [0.2, 0.25) is 5.91 Å². The van der Waals surface area contributed by atoms with Crippen LogP contribution in [-0.4, -0.2) is 43.1 Å². The van der Waals surface area contributed by atoms with Gasteiger partial charge in [-0.1, -0.05) is 6.08 Å². The van der Waals surface area contributed by atoms with E-state index in [1.54, 1.807) is 12.2 Å². The highest BCUT2D eigenvalue weighted by molar-refractivity contribution is 5.87. The number of nitrogens with one attached hydrogen (secondary N) is 1. The number of nitrogens with zero attached hydrogens (tertiary/aromatic N) is 1. The normalized spacial score (nSPS) is 12.0. The fraction of sp³-hybridized carbons (Fsp3) is 0.769. The van der Waals surface area contributed by atoms with E-state index in [1.807, 2.05) is 6.92 Å². The van der Waals surface area contributed by atoms with Gasteiger partial charge >= 0.3 is 0 Å². The van der Waals surface area contributed by atoms with Gasteiger partial charge in [0.1, 0.15) is 0 Å². The van der Waals surface area contributed by atoms with Crippen molar-refractivity contribution < 1.29 is 9.28 Å². The molecule has 0 aromatic rings. The molecule has 0 spiro atoms. The highest BCUT2D eigenvalue weighted by Crippen LogP contribution is 2.06. The average Bonchev–Trinajstić information content (AvgIpc) is 2.31. The summed E-state index contributed by atoms with van der Waals surface area (Å²) in [7, 11) is 0. The molecule has 0 aliphatic heterocycles. The fourth-order valence-electron chi connectivity index (χ4n) is 1.98. The van der Waals surface area contributed by atoms with Crippen LogP contribution in [0.15, 0.2) is 12.2 Å². The molecular weight excluding hydrogens is 200 g/mol. The molecule has 0 rings (SSSR count). The average molecular weight is 227 g/mol. The van der Waals surface area contributed by atoms with E-state index in [4.69, 9.17) is 0 Å². The first kappa shape index (κ1) is 15.2. The topological polar surface area (TPSA) is 29.1 Å². The van der Waals surface area contributed by atoms with Crippen molar-refractivity contribution in [3.05, 3.63) is 12.2 Å². The van der Waals surface area contributed by atoms with Gasteiger partial charge in [0.25, 0.3) is 0 Å². The Bertz CT molecular complexity index is 212. The summed E-state index contributed by atoms with van der Waals surface area (Å²) in [4.78, 5) is 11.2. The summed E-state index contributed by atoms with van der Waals surface area (Å²) in [6, 6.07) is 0. The van der Waals surface area contributed by atoms with E-state index < -0.39 is 0 Å². The number of carbonyl (C=O) groups is 1. The molecule has 0 fully saturated rings. The van der Waals surface area contributed by atoms with Gasteiger partial charge in [0.15, 0.2) is 0 Å². The predicted octanol–water partition coefficient (Wildman–Crippen LogP) is 1.95. The van der Waals surface area contributed by atoms with Crippen LogP contribution in [0.25, 0.3) is 0 Å². The minimum Gasteiger partial charge on any atom is -0.352 e. The molecule has 0 aromatic carbocycles. The number of hydrogen-bond acceptors (Lipinski definition) is 1. The molecule has 94 valence electrons. The van der Waals surface area contributed by atoms with Crippen molar-refractivity contribution in [3.8, 4) is 0 Å². The van der Waals surface area contributed by atoms with Crippen molar-refractivity contribution in [2.45, 2.75) is 34.1 Å². The second kappa shape index (κ2) is 8.34. The molecule has 16 heavy (non-hydrogen) atoms. The van der Waals surface area contributed by atoms with E-state index in [9.17, 15) is 4.79 Å². The summed E-state index contributed by atoms with van der Waals surface area (Å²) in [6.07, 6.45) is 4.39. The number of quaternary nitrogens is 1. The summed E-state index contributed by atoms with van der Waals surface area (Å²) in [5.74, 6) is 0.0186. The first-order valence-corrected chi connectivity index (χ1v) is 6.39. The molecule has 0 aliphatic rings. The van der Waals surface area contributed by atoms with Crippen LogP contribution in [0, 0.1) is 0 Å². The van der Waals surface area contributed by atoms with Crippen molar-refractivity contribution in [2.24, 2.45) is 0 Å². The van der Waals surface area contributed by atoms with Gasteiger partial charge in [-0.3, -0.25) is 4.79 Å². The quantitative estimate of drug-likeness (QED) is 0.383. The molecule has 0 atom stereocenters. The molecule has 0 saturated carbocycles. The highest BCUT2D eigenvalue weighted by atomic mass is 16.1. The smallest absolute Gasteiger partial charge is 0.243 e. The number of carbonyl (C=O) groups excluding carboxylic acids is 1. The maximum atomic E-state index is 11.2. The van der Waals surface area contributed by atoms with E-state index >= 15 is 0 Å². The van der Waals surface area contributed by atoms with Crippen LogP contribution in [0.1, 0.15) is 34.1 Å². The maximum Gasteiger partial charge on any atom is 0.243 e. The van der Waals surface area contributed by atoms with E-state index in [-0.39, 0.29) is 5.91 Å². The predicted molar refractivity (Wildman–Crippen MR) is 69.2 cm³/mol. The lowest BCUT2D eigenvalue weighted by atomic mass is 10.3. The molecule has 0 aliphatic carbocycles. The summed E-state index contributed by atoms with van der Waals surface area (Å²) >= 11 is 0. The first-order chi connectivity index (χ1) is 7.64. The standard InChI is InChI=1S/C13H26N2O/c1-5-10-13(16)14-11-9-12-15(6-2,7-3)8-4/h5,10H,6-9,11-12H2,1-4H3/p+1. The molecule has 0 saturated heterocycles. The van der Waals surface area contributed by atoms with E-state index in [1.165, 1.54) is 19.6 Å². The van der Waals surface area contributed by atoms with Crippen molar-refractivity contribution in [3.63, 3.8) is 0 Å². The minimum absolute atomic E-state index is 0.0186. The van der Waals surface area contributed by atoms with Crippen molar-refractivity contribution in [1.82, 2.24) is 5.32 Å². The Morgan fingerprint density at radius 1 is 1.19 bits per heavy atom. The Labute approximate surface area is 100 Å². The molecule has 1 amide bonds. The number of amides is 1. The van der Waals surface area contributed by atoms with Crippen LogP contribution >= 0.6 is 0 Å². The zero-order chi connectivity index (χ0) is 12.4. The number of allylic oxidation sites excluding steroid dienone is 1. The van der Waals surface area contributed by atoms with Crippen LogP contribution in [-0.2, 0) is 4.79 Å². The van der Waals surface area contributed by atoms with Crippen molar-refractivity contribution >= 4 is 5.91 Å². The van der Waals surface area contributed by atoms with Gasteiger partial charge in [-0.25, -0.2) is 0 Å². The third kappa shape index (κ3) is 5.31. The van der Waals surface area contributed by atoms with Crippen LogP contribution in [0.5, 0.6) is 0 Å². The van der Waals surface area contributed by atoms with E-state index in [0.29, 0.717) is 0 Å². The van der Waals surface area contributed by atoms with Crippen molar-refractivity contribution in [1.29, 1.82) is 0 Å². The Morgan fingerprint density at radius 2 is 1.75 bits per heavy atom. The monoisotopic (exact) mass is 227 g/mol. The van der Waals surface area contributed by atoms with Gasteiger partial charge < -0.3 is 9.80 Å². The Kier molecular flexibility index (Phi) is 7.90. The zero-order valence-electron chi connectivity index (χ0n) is 11.3. The molecule has 0 radical (unpaired) electrons. The molecule has 0 bridgehead atoms. The summed E-state index contributed by atoms with van der Waals surface area (Å²) in [5.41, 5.74) is 0. The van der Waals surface area contributed by atoms with Crippen LogP contribution < -0.4 is 5.32 Å². The second-order valence-corrected chi connectivity index (χ2v) is 4.16. The largest absolute Gasteiger partial charge is 0.352 e. The molecule has 3 heteroatoms. The molecule has 0 aromatic heterocycles. The summed E-state index contributed by atoms with van der Waals surface area (Å²) in [5, 5.41) is 2.89.